The van der Waals surface area contributed by atoms with E-state index < -0.39 is 0 Å². The van der Waals surface area contributed by atoms with E-state index in [4.69, 9.17) is 4.74 Å². The third-order valence-electron chi connectivity index (χ3n) is 3.51. The molecule has 19 heavy (non-hydrogen) atoms. The molecule has 1 aliphatic carbocycles. The second-order valence-corrected chi connectivity index (χ2v) is 4.83. The van der Waals surface area contributed by atoms with Gasteiger partial charge in [-0.1, -0.05) is 36.4 Å². The van der Waals surface area contributed by atoms with Crippen molar-refractivity contribution < 1.29 is 9.53 Å². The van der Waals surface area contributed by atoms with Crippen LogP contribution in [0.1, 0.15) is 27.9 Å². The average molecular weight is 252 g/mol. The molecular weight excluding hydrogens is 236 g/mol. The number of benzene rings is 2. The molecule has 0 atom stereocenters. The van der Waals surface area contributed by atoms with Gasteiger partial charge in [0, 0.05) is 18.4 Å². The smallest absolute Gasteiger partial charge is 0.163 e. The number of carbonyl (C=O) groups excluding carboxylic acids is 1. The second kappa shape index (κ2) is 5.27. The minimum absolute atomic E-state index is 0.239. The third kappa shape index (κ3) is 2.68. The van der Waals surface area contributed by atoms with Crippen LogP contribution in [0.3, 0.4) is 0 Å². The van der Waals surface area contributed by atoms with Gasteiger partial charge in [0.05, 0.1) is 6.61 Å². The van der Waals surface area contributed by atoms with E-state index in [1.54, 1.807) is 0 Å². The fourth-order valence-electron chi connectivity index (χ4n) is 2.44. The van der Waals surface area contributed by atoms with Crippen LogP contribution in [0.2, 0.25) is 0 Å². The third-order valence-corrected chi connectivity index (χ3v) is 3.51. The molecule has 0 radical (unpaired) electrons. The first-order chi connectivity index (χ1) is 9.33. The molecule has 0 spiro atoms. The highest BCUT2D eigenvalue weighted by Crippen LogP contribution is 2.26. The van der Waals surface area contributed by atoms with E-state index in [0.717, 1.165) is 29.7 Å². The van der Waals surface area contributed by atoms with E-state index in [1.807, 2.05) is 36.4 Å². The number of rotatable bonds is 4. The van der Waals surface area contributed by atoms with Gasteiger partial charge in [-0.2, -0.15) is 0 Å². The molecule has 0 saturated carbocycles. The van der Waals surface area contributed by atoms with Gasteiger partial charge in [0.25, 0.3) is 0 Å². The Balaban J connectivity index is 1.62. The number of hydrogen-bond acceptors (Lipinski definition) is 2. The topological polar surface area (TPSA) is 26.3 Å². The van der Waals surface area contributed by atoms with Gasteiger partial charge in [0.2, 0.25) is 0 Å². The minimum atomic E-state index is 0.239. The molecule has 2 aromatic rings. The number of fused-ring (bicyclic) bond motifs is 1. The predicted molar refractivity (Wildman–Crippen MR) is 74.7 cm³/mol. The number of aryl methyl sites for hydroxylation is 1. The molecule has 2 nitrogen and oxygen atoms in total. The van der Waals surface area contributed by atoms with Crippen LogP contribution in [0.25, 0.3) is 0 Å². The minimum Gasteiger partial charge on any atom is -0.493 e. The highest BCUT2D eigenvalue weighted by molar-refractivity contribution is 6.00. The fraction of sp³-hybridized carbons (Fsp3) is 0.235. The standard InChI is InChI=1S/C17H16O2/c18-17-9-7-14-6-8-15(12-16(14)17)19-11-10-13-4-2-1-3-5-13/h1-6,8,12H,7,9-11H2. The van der Waals surface area contributed by atoms with Gasteiger partial charge in [0.15, 0.2) is 5.78 Å². The molecule has 0 unspecified atom stereocenters. The van der Waals surface area contributed by atoms with Crippen molar-refractivity contribution in [2.45, 2.75) is 19.3 Å². The molecule has 2 heteroatoms. The molecule has 0 aliphatic heterocycles. The maximum Gasteiger partial charge on any atom is 0.163 e. The summed E-state index contributed by atoms with van der Waals surface area (Å²) in [6.45, 7) is 0.636. The molecule has 2 aromatic carbocycles. The van der Waals surface area contributed by atoms with Crippen LogP contribution in [0, 0.1) is 0 Å². The number of Topliss-reactive ketones (excluding diaryl/α,β-unsaturated/α-hetero) is 1. The quantitative estimate of drug-likeness (QED) is 0.833. The largest absolute Gasteiger partial charge is 0.493 e. The molecule has 0 bridgehead atoms. The van der Waals surface area contributed by atoms with Crippen LogP contribution in [-0.4, -0.2) is 12.4 Å². The Kier molecular flexibility index (Phi) is 3.32. The van der Waals surface area contributed by atoms with Gasteiger partial charge in [-0.05, 0) is 29.7 Å². The SMILES string of the molecule is O=C1CCc2ccc(OCCc3ccccc3)cc21. The van der Waals surface area contributed by atoms with E-state index in [-0.39, 0.29) is 5.78 Å². The lowest BCUT2D eigenvalue weighted by Crippen LogP contribution is -2.02. The maximum atomic E-state index is 11.7. The number of carbonyl (C=O) groups is 1. The number of hydrogen-bond donors (Lipinski definition) is 0. The molecule has 3 rings (SSSR count). The Morgan fingerprint density at radius 2 is 1.84 bits per heavy atom. The van der Waals surface area contributed by atoms with Crippen LogP contribution in [-0.2, 0) is 12.8 Å². The molecule has 1 aliphatic rings. The van der Waals surface area contributed by atoms with E-state index in [0.29, 0.717) is 13.0 Å². The summed E-state index contributed by atoms with van der Waals surface area (Å²) in [7, 11) is 0. The molecule has 96 valence electrons. The molecule has 0 amide bonds. The number of ketones is 1. The zero-order valence-electron chi connectivity index (χ0n) is 10.8. The molecule has 0 heterocycles. The van der Waals surface area contributed by atoms with Crippen LogP contribution in [0.5, 0.6) is 5.75 Å². The normalized spacial score (nSPS) is 13.4. The summed E-state index contributed by atoms with van der Waals surface area (Å²) in [6, 6.07) is 16.1. The summed E-state index contributed by atoms with van der Waals surface area (Å²) >= 11 is 0. The molecule has 0 aromatic heterocycles. The van der Waals surface area contributed by atoms with E-state index in [9.17, 15) is 4.79 Å². The zero-order chi connectivity index (χ0) is 13.1. The Morgan fingerprint density at radius 3 is 2.68 bits per heavy atom. The van der Waals surface area contributed by atoms with Crippen molar-refractivity contribution in [2.75, 3.05) is 6.61 Å². The highest BCUT2D eigenvalue weighted by atomic mass is 16.5. The lowest BCUT2D eigenvalue weighted by molar-refractivity contribution is 0.0994. The lowest BCUT2D eigenvalue weighted by Gasteiger charge is -2.07. The van der Waals surface area contributed by atoms with Crippen molar-refractivity contribution in [1.82, 2.24) is 0 Å². The summed E-state index contributed by atoms with van der Waals surface area (Å²) in [4.78, 5) is 11.7. The Morgan fingerprint density at radius 1 is 1.00 bits per heavy atom. The van der Waals surface area contributed by atoms with Gasteiger partial charge < -0.3 is 4.74 Å². The van der Waals surface area contributed by atoms with Gasteiger partial charge in [0.1, 0.15) is 5.75 Å². The van der Waals surface area contributed by atoms with Crippen molar-refractivity contribution in [1.29, 1.82) is 0 Å². The first-order valence-electron chi connectivity index (χ1n) is 6.66. The van der Waals surface area contributed by atoms with E-state index in [1.165, 1.54) is 5.56 Å². The van der Waals surface area contributed by atoms with Gasteiger partial charge in [-0.3, -0.25) is 4.79 Å². The second-order valence-electron chi connectivity index (χ2n) is 4.83. The van der Waals surface area contributed by atoms with Crippen molar-refractivity contribution in [3.8, 4) is 5.75 Å². The van der Waals surface area contributed by atoms with Gasteiger partial charge >= 0.3 is 0 Å². The van der Waals surface area contributed by atoms with Gasteiger partial charge in [-0.15, -0.1) is 0 Å². The molecule has 0 saturated heterocycles. The van der Waals surface area contributed by atoms with E-state index >= 15 is 0 Å². The molecule has 0 N–H and O–H groups in total. The molecular formula is C17H16O2. The first-order valence-corrected chi connectivity index (χ1v) is 6.66. The van der Waals surface area contributed by atoms with Crippen LogP contribution < -0.4 is 4.74 Å². The summed E-state index contributed by atoms with van der Waals surface area (Å²) in [5, 5.41) is 0. The Hall–Kier alpha value is -2.09. The van der Waals surface area contributed by atoms with Crippen molar-refractivity contribution in [3.05, 3.63) is 65.2 Å². The Labute approximate surface area is 113 Å². The monoisotopic (exact) mass is 252 g/mol. The predicted octanol–water partition coefficient (Wildman–Crippen LogP) is 3.44. The summed E-state index contributed by atoms with van der Waals surface area (Å²) < 4.78 is 5.73. The van der Waals surface area contributed by atoms with Crippen LogP contribution in [0.4, 0.5) is 0 Å². The van der Waals surface area contributed by atoms with Crippen LogP contribution >= 0.6 is 0 Å². The van der Waals surface area contributed by atoms with Crippen molar-refractivity contribution in [3.63, 3.8) is 0 Å². The zero-order valence-corrected chi connectivity index (χ0v) is 10.8. The lowest BCUT2D eigenvalue weighted by atomic mass is 10.1. The van der Waals surface area contributed by atoms with Crippen molar-refractivity contribution in [2.24, 2.45) is 0 Å². The van der Waals surface area contributed by atoms with Crippen LogP contribution in [0.15, 0.2) is 48.5 Å². The average Bonchev–Trinajstić information content (AvgIpc) is 2.82. The number of ether oxygens (including phenoxy) is 1. The van der Waals surface area contributed by atoms with Gasteiger partial charge in [-0.25, -0.2) is 0 Å². The fourth-order valence-corrected chi connectivity index (χ4v) is 2.44. The first kappa shape index (κ1) is 12.0. The Bertz CT molecular complexity index is 587. The van der Waals surface area contributed by atoms with E-state index in [2.05, 4.69) is 12.1 Å². The summed E-state index contributed by atoms with van der Waals surface area (Å²) in [5.41, 5.74) is 3.26. The van der Waals surface area contributed by atoms with Crippen molar-refractivity contribution >= 4 is 5.78 Å². The molecule has 0 fully saturated rings. The summed E-state index contributed by atoms with van der Waals surface area (Å²) in [6.07, 6.45) is 2.40. The summed E-state index contributed by atoms with van der Waals surface area (Å²) in [5.74, 6) is 1.04. The maximum absolute atomic E-state index is 11.7. The highest BCUT2D eigenvalue weighted by Gasteiger charge is 2.19.